The number of likely N-dealkylation sites (N-methyl/N-ethyl adjacent to an activating group) is 1. The Morgan fingerprint density at radius 3 is 2.62 bits per heavy atom. The van der Waals surface area contributed by atoms with Gasteiger partial charge in [0.15, 0.2) is 0 Å². The van der Waals surface area contributed by atoms with Gasteiger partial charge >= 0.3 is 6.18 Å². The second-order valence-electron chi connectivity index (χ2n) is 5.65. The summed E-state index contributed by atoms with van der Waals surface area (Å²) < 4.78 is 44.1. The Hall–Kier alpha value is -1.67. The number of anilines is 1. The molecule has 0 fully saturated rings. The molecule has 1 heterocycles. The Bertz CT molecular complexity index is 581. The van der Waals surface area contributed by atoms with Crippen LogP contribution in [0.4, 0.5) is 18.9 Å². The average molecular weight is 297 g/mol. The third-order valence-electron chi connectivity index (χ3n) is 3.60. The number of ether oxygens (including phenoxy) is 1. The Morgan fingerprint density at radius 1 is 1.24 bits per heavy atom. The number of nitrogens with zero attached hydrogens (tertiary/aromatic N) is 1. The van der Waals surface area contributed by atoms with Gasteiger partial charge in [-0.3, -0.25) is 0 Å². The monoisotopic (exact) mass is 297 g/mol. The van der Waals surface area contributed by atoms with E-state index in [-0.39, 0.29) is 0 Å². The maximum Gasteiger partial charge on any atom is 0.404 e. The zero-order valence-electron chi connectivity index (χ0n) is 12.3. The van der Waals surface area contributed by atoms with E-state index in [9.17, 15) is 13.2 Å². The number of hydrogen-bond donors (Lipinski definition) is 0. The van der Waals surface area contributed by atoms with Crippen LogP contribution in [-0.2, 0) is 11.3 Å². The zero-order chi connectivity index (χ0) is 15.7. The normalized spacial score (nSPS) is 15.8. The van der Waals surface area contributed by atoms with Gasteiger partial charge in [0, 0.05) is 30.4 Å². The Kier molecular flexibility index (Phi) is 4.20. The second-order valence-corrected chi connectivity index (χ2v) is 5.65. The van der Waals surface area contributed by atoms with Crippen LogP contribution in [0.3, 0.4) is 0 Å². The molecular weight excluding hydrogens is 279 g/mol. The predicted octanol–water partition coefficient (Wildman–Crippen LogP) is 3.59. The summed E-state index contributed by atoms with van der Waals surface area (Å²) in [5.74, 6) is 5.04. The van der Waals surface area contributed by atoms with Gasteiger partial charge in [0.2, 0.25) is 0 Å². The molecule has 1 aromatic carbocycles. The molecule has 0 aliphatic carbocycles. The van der Waals surface area contributed by atoms with Crippen LogP contribution in [0.15, 0.2) is 18.2 Å². The highest BCUT2D eigenvalue weighted by atomic mass is 19.4. The van der Waals surface area contributed by atoms with Crippen molar-refractivity contribution in [2.75, 3.05) is 25.1 Å². The van der Waals surface area contributed by atoms with E-state index in [1.54, 1.807) is 6.07 Å². The number of alkyl halides is 3. The van der Waals surface area contributed by atoms with Gasteiger partial charge in [0.25, 0.3) is 0 Å². The number of hydrogen-bond acceptors (Lipinski definition) is 2. The van der Waals surface area contributed by atoms with Gasteiger partial charge in [-0.15, -0.1) is 0 Å². The first-order valence-corrected chi connectivity index (χ1v) is 6.73. The van der Waals surface area contributed by atoms with Crippen LogP contribution >= 0.6 is 0 Å². The molecule has 0 saturated carbocycles. The van der Waals surface area contributed by atoms with Crippen LogP contribution in [-0.4, -0.2) is 26.4 Å². The van der Waals surface area contributed by atoms with Gasteiger partial charge in [-0.25, -0.2) is 0 Å². The second kappa shape index (κ2) is 5.61. The van der Waals surface area contributed by atoms with Gasteiger partial charge in [-0.1, -0.05) is 17.9 Å². The predicted molar refractivity (Wildman–Crippen MR) is 76.1 cm³/mol. The van der Waals surface area contributed by atoms with Crippen LogP contribution in [0.1, 0.15) is 25.0 Å². The van der Waals surface area contributed by atoms with Crippen molar-refractivity contribution in [2.24, 2.45) is 5.41 Å². The van der Waals surface area contributed by atoms with E-state index < -0.39 is 11.6 Å². The molecule has 2 rings (SSSR count). The molecule has 0 N–H and O–H groups in total. The summed E-state index contributed by atoms with van der Waals surface area (Å²) >= 11 is 0. The van der Waals surface area contributed by atoms with Crippen molar-refractivity contribution in [3.8, 4) is 11.8 Å². The highest BCUT2D eigenvalue weighted by Gasteiger charge is 2.46. The molecule has 1 aliphatic heterocycles. The first-order valence-electron chi connectivity index (χ1n) is 6.73. The van der Waals surface area contributed by atoms with Crippen molar-refractivity contribution in [2.45, 2.75) is 26.6 Å². The minimum Gasteiger partial charge on any atom is -0.375 e. The molecule has 21 heavy (non-hydrogen) atoms. The van der Waals surface area contributed by atoms with Gasteiger partial charge in [0.05, 0.1) is 13.2 Å². The molecule has 0 bridgehead atoms. The molecule has 0 spiro atoms. The van der Waals surface area contributed by atoms with Crippen molar-refractivity contribution < 1.29 is 17.9 Å². The van der Waals surface area contributed by atoms with Crippen molar-refractivity contribution in [3.05, 3.63) is 29.3 Å². The molecule has 2 nitrogen and oxygen atoms in total. The van der Waals surface area contributed by atoms with E-state index in [0.717, 1.165) is 31.6 Å². The minimum atomic E-state index is -4.35. The van der Waals surface area contributed by atoms with Gasteiger partial charge in [-0.05, 0) is 26.0 Å². The maximum atomic E-state index is 12.9. The largest absolute Gasteiger partial charge is 0.404 e. The fraction of sp³-hybridized carbons (Fsp3) is 0.500. The quantitative estimate of drug-likeness (QED) is 0.679. The lowest BCUT2D eigenvalue weighted by atomic mass is 9.92. The minimum absolute atomic E-state index is 0.372. The van der Waals surface area contributed by atoms with Gasteiger partial charge in [-0.2, -0.15) is 13.2 Å². The molecule has 0 aromatic heterocycles. The highest BCUT2D eigenvalue weighted by Crippen LogP contribution is 2.37. The van der Waals surface area contributed by atoms with Crippen molar-refractivity contribution in [1.29, 1.82) is 0 Å². The van der Waals surface area contributed by atoms with E-state index in [2.05, 4.69) is 11.8 Å². The molecule has 1 aliphatic rings. The molecule has 0 unspecified atom stereocenters. The first-order chi connectivity index (χ1) is 9.72. The van der Waals surface area contributed by atoms with Crippen LogP contribution in [0.2, 0.25) is 0 Å². The number of fused-ring (bicyclic) bond motifs is 1. The van der Waals surface area contributed by atoms with E-state index in [0.29, 0.717) is 18.8 Å². The van der Waals surface area contributed by atoms with Crippen LogP contribution in [0.5, 0.6) is 0 Å². The summed E-state index contributed by atoms with van der Waals surface area (Å²) in [6.07, 6.45) is -4.35. The van der Waals surface area contributed by atoms with Crippen molar-refractivity contribution >= 4 is 5.69 Å². The Labute approximate surface area is 122 Å². The molecule has 0 radical (unpaired) electrons. The third-order valence-corrected chi connectivity index (χ3v) is 3.60. The van der Waals surface area contributed by atoms with E-state index in [1.807, 2.05) is 24.1 Å². The summed E-state index contributed by atoms with van der Waals surface area (Å²) in [7, 11) is 1.93. The van der Waals surface area contributed by atoms with Crippen molar-refractivity contribution in [3.63, 3.8) is 0 Å². The lowest BCUT2D eigenvalue weighted by molar-refractivity contribution is -0.190. The number of halogens is 3. The lowest BCUT2D eigenvalue weighted by Gasteiger charge is -2.21. The molecule has 0 amide bonds. The third kappa shape index (κ3) is 3.33. The van der Waals surface area contributed by atoms with Crippen LogP contribution in [0.25, 0.3) is 0 Å². The highest BCUT2D eigenvalue weighted by molar-refractivity contribution is 5.60. The summed E-state index contributed by atoms with van der Waals surface area (Å²) in [6.45, 7) is 3.88. The summed E-state index contributed by atoms with van der Waals surface area (Å²) in [6, 6.07) is 5.48. The standard InChI is InChI=1S/C16H18F3NO/c1-15(2,16(17,18)19)8-7-12-5-4-6-14-13(12)11-21-10-9-20(14)3/h4-6H,9-11H2,1-3H3. The number of benzene rings is 1. The molecule has 1 aromatic rings. The van der Waals surface area contributed by atoms with Gasteiger partial charge < -0.3 is 9.64 Å². The van der Waals surface area contributed by atoms with E-state index in [4.69, 9.17) is 4.74 Å². The molecular formula is C16H18F3NO. The zero-order valence-corrected chi connectivity index (χ0v) is 12.3. The molecule has 0 saturated heterocycles. The fourth-order valence-corrected chi connectivity index (χ4v) is 1.99. The average Bonchev–Trinajstić information content (AvgIpc) is 2.58. The summed E-state index contributed by atoms with van der Waals surface area (Å²) in [4.78, 5) is 2.03. The smallest absolute Gasteiger partial charge is 0.375 e. The van der Waals surface area contributed by atoms with Crippen molar-refractivity contribution in [1.82, 2.24) is 0 Å². The fourth-order valence-electron chi connectivity index (χ4n) is 1.99. The topological polar surface area (TPSA) is 12.5 Å². The van der Waals surface area contributed by atoms with Gasteiger partial charge in [0.1, 0.15) is 5.41 Å². The molecule has 114 valence electrons. The first kappa shape index (κ1) is 15.7. The Balaban J connectivity index is 2.42. The molecule has 0 atom stereocenters. The maximum absolute atomic E-state index is 12.9. The lowest BCUT2D eigenvalue weighted by Crippen LogP contribution is -2.30. The molecule has 5 heteroatoms. The Morgan fingerprint density at radius 2 is 1.95 bits per heavy atom. The SMILES string of the molecule is CN1CCOCc2c(C#CC(C)(C)C(F)(F)F)cccc21. The van der Waals surface area contributed by atoms with E-state index >= 15 is 0 Å². The summed E-state index contributed by atoms with van der Waals surface area (Å²) in [5, 5.41) is 0. The summed E-state index contributed by atoms with van der Waals surface area (Å²) in [5.41, 5.74) is 0.374. The van der Waals surface area contributed by atoms with Crippen LogP contribution in [0, 0.1) is 17.3 Å². The number of rotatable bonds is 0. The van der Waals surface area contributed by atoms with E-state index in [1.165, 1.54) is 0 Å². The van der Waals surface area contributed by atoms with Crippen LogP contribution < -0.4 is 4.90 Å².